The zero-order valence-corrected chi connectivity index (χ0v) is 11.5. The van der Waals surface area contributed by atoms with Gasteiger partial charge in [-0.1, -0.05) is 12.1 Å². The number of hydrogen-bond donors (Lipinski definition) is 1. The van der Waals surface area contributed by atoms with Crippen molar-refractivity contribution in [2.45, 2.75) is 11.3 Å². The van der Waals surface area contributed by atoms with Crippen molar-refractivity contribution in [1.82, 2.24) is 0 Å². The van der Waals surface area contributed by atoms with E-state index in [0.29, 0.717) is 10.8 Å². The molecule has 0 aliphatic carbocycles. The van der Waals surface area contributed by atoms with Crippen LogP contribution in [0.3, 0.4) is 0 Å². The molecule has 1 N–H and O–H groups in total. The van der Waals surface area contributed by atoms with Gasteiger partial charge in [-0.2, -0.15) is 11.8 Å². The van der Waals surface area contributed by atoms with Crippen LogP contribution in [0.25, 0.3) is 0 Å². The fraction of sp³-hybridized carbons (Fsp3) is 0.500. The molecule has 17 heavy (non-hydrogen) atoms. The highest BCUT2D eigenvalue weighted by molar-refractivity contribution is 7.99. The molecule has 1 aliphatic rings. The fourth-order valence-electron chi connectivity index (χ4n) is 1.93. The summed E-state index contributed by atoms with van der Waals surface area (Å²) in [6, 6.07) is 7.10. The Morgan fingerprint density at radius 2 is 2.18 bits per heavy atom. The van der Waals surface area contributed by atoms with Gasteiger partial charge in [0.25, 0.3) is 0 Å². The van der Waals surface area contributed by atoms with Gasteiger partial charge in [0.05, 0.1) is 10.6 Å². The van der Waals surface area contributed by atoms with E-state index in [1.165, 1.54) is 24.2 Å². The summed E-state index contributed by atoms with van der Waals surface area (Å²) >= 11 is 1.97. The van der Waals surface area contributed by atoms with E-state index in [9.17, 15) is 8.42 Å². The lowest BCUT2D eigenvalue weighted by atomic mass is 10.1. The molecule has 1 saturated heterocycles. The van der Waals surface area contributed by atoms with Gasteiger partial charge in [0.2, 0.25) is 0 Å². The maximum atomic E-state index is 11.6. The van der Waals surface area contributed by atoms with Gasteiger partial charge >= 0.3 is 0 Å². The van der Waals surface area contributed by atoms with Crippen LogP contribution in [0.2, 0.25) is 0 Å². The minimum atomic E-state index is -3.15. The van der Waals surface area contributed by atoms with E-state index in [-0.39, 0.29) is 0 Å². The van der Waals surface area contributed by atoms with Crippen LogP contribution >= 0.6 is 11.8 Å². The van der Waals surface area contributed by atoms with Crippen LogP contribution in [0.5, 0.6) is 0 Å². The molecule has 1 aromatic carbocycles. The summed E-state index contributed by atoms with van der Waals surface area (Å²) in [5, 5.41) is 3.27. The molecule has 1 atom stereocenters. The number of para-hydroxylation sites is 1. The lowest BCUT2D eigenvalue weighted by Crippen LogP contribution is -2.15. The predicted molar refractivity (Wildman–Crippen MR) is 73.5 cm³/mol. The van der Waals surface area contributed by atoms with E-state index in [1.807, 2.05) is 23.9 Å². The van der Waals surface area contributed by atoms with Crippen LogP contribution in [0, 0.1) is 5.92 Å². The molecule has 0 aromatic heterocycles. The van der Waals surface area contributed by atoms with E-state index in [0.717, 1.165) is 12.2 Å². The van der Waals surface area contributed by atoms with Gasteiger partial charge in [0, 0.05) is 12.8 Å². The van der Waals surface area contributed by atoms with Crippen molar-refractivity contribution < 1.29 is 8.42 Å². The van der Waals surface area contributed by atoms with Crippen molar-refractivity contribution in [3.05, 3.63) is 24.3 Å². The number of thioether (sulfide) groups is 1. The Labute approximate surface area is 107 Å². The molecule has 1 unspecified atom stereocenters. The highest BCUT2D eigenvalue weighted by atomic mass is 32.2. The monoisotopic (exact) mass is 271 g/mol. The third-order valence-electron chi connectivity index (χ3n) is 2.89. The summed E-state index contributed by atoms with van der Waals surface area (Å²) in [4.78, 5) is 0.394. The number of hydrogen-bond acceptors (Lipinski definition) is 4. The molecule has 0 radical (unpaired) electrons. The molecule has 1 aromatic rings. The highest BCUT2D eigenvalue weighted by Crippen LogP contribution is 2.25. The Hall–Kier alpha value is -0.680. The van der Waals surface area contributed by atoms with Gasteiger partial charge in [-0.05, 0) is 36.0 Å². The summed E-state index contributed by atoms with van der Waals surface area (Å²) < 4.78 is 23.2. The average molecular weight is 271 g/mol. The summed E-state index contributed by atoms with van der Waals surface area (Å²) in [6.07, 6.45) is 2.47. The molecule has 0 amide bonds. The summed E-state index contributed by atoms with van der Waals surface area (Å²) in [5.41, 5.74) is 0.729. The lowest BCUT2D eigenvalue weighted by Gasteiger charge is -2.13. The maximum Gasteiger partial charge on any atom is 0.177 e. The van der Waals surface area contributed by atoms with E-state index < -0.39 is 9.84 Å². The number of rotatable bonds is 4. The first kappa shape index (κ1) is 12.8. The molecule has 5 heteroatoms. The van der Waals surface area contributed by atoms with E-state index in [2.05, 4.69) is 5.32 Å². The first-order chi connectivity index (χ1) is 8.07. The van der Waals surface area contributed by atoms with Gasteiger partial charge in [0.15, 0.2) is 9.84 Å². The smallest absolute Gasteiger partial charge is 0.177 e. The largest absolute Gasteiger partial charge is 0.384 e. The van der Waals surface area contributed by atoms with Crippen molar-refractivity contribution in [2.75, 3.05) is 29.6 Å². The molecule has 94 valence electrons. The standard InChI is InChI=1S/C12H17NO2S2/c1-17(14,15)12-5-3-2-4-11(12)13-8-10-6-7-16-9-10/h2-5,10,13H,6-9H2,1H3. The van der Waals surface area contributed by atoms with Crippen molar-refractivity contribution in [3.63, 3.8) is 0 Å². The van der Waals surface area contributed by atoms with Crippen LogP contribution in [-0.2, 0) is 9.84 Å². The third kappa shape index (κ3) is 3.39. The molecule has 0 saturated carbocycles. The number of sulfone groups is 1. The van der Waals surface area contributed by atoms with Crippen molar-refractivity contribution >= 4 is 27.3 Å². The molecule has 3 nitrogen and oxygen atoms in total. The minimum Gasteiger partial charge on any atom is -0.384 e. The lowest BCUT2D eigenvalue weighted by molar-refractivity contribution is 0.601. The number of nitrogens with one attached hydrogen (secondary N) is 1. The molecular weight excluding hydrogens is 254 g/mol. The van der Waals surface area contributed by atoms with Gasteiger partial charge in [-0.25, -0.2) is 8.42 Å². The zero-order valence-electron chi connectivity index (χ0n) is 9.85. The number of anilines is 1. The molecule has 2 rings (SSSR count). The van der Waals surface area contributed by atoms with E-state index in [1.54, 1.807) is 12.1 Å². The fourth-order valence-corrected chi connectivity index (χ4v) is 4.08. The summed E-state index contributed by atoms with van der Waals surface area (Å²) in [6.45, 7) is 0.861. The second kappa shape index (κ2) is 5.31. The molecule has 1 aliphatic heterocycles. The Bertz CT molecular complexity index is 479. The van der Waals surface area contributed by atoms with Gasteiger partial charge in [-0.3, -0.25) is 0 Å². The Balaban J connectivity index is 2.09. The SMILES string of the molecule is CS(=O)(=O)c1ccccc1NCC1CCSC1. The predicted octanol–water partition coefficient (Wildman–Crippen LogP) is 2.26. The Kier molecular flexibility index (Phi) is 3.99. The molecule has 1 fully saturated rings. The van der Waals surface area contributed by atoms with E-state index >= 15 is 0 Å². The second-order valence-corrected chi connectivity index (χ2v) is 7.51. The maximum absolute atomic E-state index is 11.6. The molecular formula is C12H17NO2S2. The van der Waals surface area contributed by atoms with Crippen LogP contribution < -0.4 is 5.32 Å². The third-order valence-corrected chi connectivity index (χ3v) is 5.28. The Morgan fingerprint density at radius 1 is 1.41 bits per heavy atom. The van der Waals surface area contributed by atoms with Gasteiger partial charge < -0.3 is 5.32 Å². The van der Waals surface area contributed by atoms with Crippen LogP contribution in [0.15, 0.2) is 29.2 Å². The van der Waals surface area contributed by atoms with Crippen LogP contribution in [-0.4, -0.2) is 32.7 Å². The van der Waals surface area contributed by atoms with Gasteiger partial charge in [-0.15, -0.1) is 0 Å². The van der Waals surface area contributed by atoms with Crippen molar-refractivity contribution in [1.29, 1.82) is 0 Å². The molecule has 0 bridgehead atoms. The second-order valence-electron chi connectivity index (χ2n) is 4.38. The molecule has 0 spiro atoms. The summed E-state index contributed by atoms with van der Waals surface area (Å²) in [7, 11) is -3.15. The van der Waals surface area contributed by atoms with Crippen molar-refractivity contribution in [2.24, 2.45) is 5.92 Å². The average Bonchev–Trinajstić information content (AvgIpc) is 2.78. The topological polar surface area (TPSA) is 46.2 Å². The van der Waals surface area contributed by atoms with Crippen LogP contribution in [0.4, 0.5) is 5.69 Å². The van der Waals surface area contributed by atoms with Crippen molar-refractivity contribution in [3.8, 4) is 0 Å². The van der Waals surface area contributed by atoms with Crippen LogP contribution in [0.1, 0.15) is 6.42 Å². The minimum absolute atomic E-state index is 0.394. The molecule has 1 heterocycles. The van der Waals surface area contributed by atoms with Gasteiger partial charge in [0.1, 0.15) is 0 Å². The van der Waals surface area contributed by atoms with E-state index in [4.69, 9.17) is 0 Å². The first-order valence-electron chi connectivity index (χ1n) is 5.68. The first-order valence-corrected chi connectivity index (χ1v) is 8.72. The zero-order chi connectivity index (χ0) is 12.3. The summed E-state index contributed by atoms with van der Waals surface area (Å²) in [5.74, 6) is 3.06. The normalized spacial score (nSPS) is 20.4. The Morgan fingerprint density at radius 3 is 2.82 bits per heavy atom. The number of benzene rings is 1. The highest BCUT2D eigenvalue weighted by Gasteiger charge is 2.17. The quantitative estimate of drug-likeness (QED) is 0.912.